The predicted octanol–water partition coefficient (Wildman–Crippen LogP) is 3.66. The van der Waals surface area contributed by atoms with E-state index in [2.05, 4.69) is 53.5 Å². The number of nitrogens with zero attached hydrogens (tertiary/aromatic N) is 7. The molecule has 174 valence electrons. The summed E-state index contributed by atoms with van der Waals surface area (Å²) in [5, 5.41) is 16.4. The van der Waals surface area contributed by atoms with Crippen LogP contribution in [0.4, 0.5) is 23.3 Å². The Kier molecular flexibility index (Phi) is 6.49. The molecule has 34 heavy (non-hydrogen) atoms. The summed E-state index contributed by atoms with van der Waals surface area (Å²) in [6, 6.07) is 10.4. The Balaban J connectivity index is 1.27. The fraction of sp³-hybridized carbons (Fsp3) is 0.400. The van der Waals surface area contributed by atoms with Gasteiger partial charge in [0.15, 0.2) is 0 Å². The summed E-state index contributed by atoms with van der Waals surface area (Å²) in [7, 11) is 2.16. The first kappa shape index (κ1) is 22.0. The van der Waals surface area contributed by atoms with Crippen molar-refractivity contribution in [1.82, 2.24) is 24.8 Å². The number of rotatable bonds is 6. The van der Waals surface area contributed by atoms with Gasteiger partial charge in [-0.15, -0.1) is 0 Å². The average Bonchev–Trinajstić information content (AvgIpc) is 3.41. The first-order valence-corrected chi connectivity index (χ1v) is 11.8. The maximum Gasteiger partial charge on any atom is 0.227 e. The standard InChI is InChI=1S/C25H29N9/c1-33-12-7-20(8-13-33)30-23-5-4-21(17-28-23)31-25-27-9-6-22(32-25)19-14-18(15-26)24(29-16-19)34-10-2-3-11-34/h4-6,9,14,16-17,20H,2-3,7-8,10-13H2,1H3,(H,28,30)(H,27,31,32). The number of likely N-dealkylation sites (tertiary alicyclic amines) is 1. The number of nitrogens with one attached hydrogen (secondary N) is 2. The van der Waals surface area contributed by atoms with Gasteiger partial charge in [0.2, 0.25) is 5.95 Å². The number of piperidine rings is 1. The van der Waals surface area contributed by atoms with Gasteiger partial charge in [-0.25, -0.2) is 19.9 Å². The van der Waals surface area contributed by atoms with Gasteiger partial charge in [0, 0.05) is 37.1 Å². The van der Waals surface area contributed by atoms with Gasteiger partial charge in [0.1, 0.15) is 17.7 Å². The third-order valence-electron chi connectivity index (χ3n) is 6.43. The highest BCUT2D eigenvalue weighted by molar-refractivity contribution is 5.67. The van der Waals surface area contributed by atoms with Gasteiger partial charge in [0.05, 0.1) is 23.1 Å². The van der Waals surface area contributed by atoms with Crippen LogP contribution in [0.1, 0.15) is 31.2 Å². The molecule has 0 saturated carbocycles. The summed E-state index contributed by atoms with van der Waals surface area (Å²) >= 11 is 0. The first-order valence-electron chi connectivity index (χ1n) is 11.8. The molecule has 3 aromatic rings. The lowest BCUT2D eigenvalue weighted by molar-refractivity contribution is 0.263. The van der Waals surface area contributed by atoms with Crippen molar-refractivity contribution in [1.29, 1.82) is 5.26 Å². The minimum absolute atomic E-state index is 0.464. The molecule has 0 bridgehead atoms. The lowest BCUT2D eigenvalue weighted by Crippen LogP contribution is -2.36. The van der Waals surface area contributed by atoms with Crippen LogP contribution in [0.15, 0.2) is 42.9 Å². The quantitative estimate of drug-likeness (QED) is 0.576. The van der Waals surface area contributed by atoms with Crippen LogP contribution < -0.4 is 15.5 Å². The van der Waals surface area contributed by atoms with E-state index in [0.29, 0.717) is 23.2 Å². The zero-order chi connectivity index (χ0) is 23.3. The SMILES string of the molecule is CN1CCC(Nc2ccc(Nc3nccc(-c4cnc(N5CCCC5)c(C#N)c4)n3)cn2)CC1. The Bertz CT molecular complexity index is 1160. The molecule has 5 rings (SSSR count). The Labute approximate surface area is 199 Å². The van der Waals surface area contributed by atoms with Crippen molar-refractivity contribution in [2.75, 3.05) is 48.8 Å². The van der Waals surface area contributed by atoms with Crippen LogP contribution in [0.2, 0.25) is 0 Å². The molecule has 3 aromatic heterocycles. The average molecular weight is 456 g/mol. The summed E-state index contributed by atoms with van der Waals surface area (Å²) in [6.07, 6.45) is 9.80. The number of aromatic nitrogens is 4. The van der Waals surface area contributed by atoms with Gasteiger partial charge >= 0.3 is 0 Å². The smallest absolute Gasteiger partial charge is 0.227 e. The van der Waals surface area contributed by atoms with E-state index in [0.717, 1.165) is 74.7 Å². The minimum Gasteiger partial charge on any atom is -0.367 e. The largest absolute Gasteiger partial charge is 0.367 e. The van der Waals surface area contributed by atoms with Crippen LogP contribution in [-0.2, 0) is 0 Å². The van der Waals surface area contributed by atoms with Crippen LogP contribution in [0.5, 0.6) is 0 Å². The zero-order valence-corrected chi connectivity index (χ0v) is 19.4. The number of nitriles is 1. The number of anilines is 4. The van der Waals surface area contributed by atoms with Crippen molar-refractivity contribution in [3.8, 4) is 17.3 Å². The van der Waals surface area contributed by atoms with E-state index in [1.54, 1.807) is 18.6 Å². The van der Waals surface area contributed by atoms with Crippen molar-refractivity contribution in [3.63, 3.8) is 0 Å². The predicted molar refractivity (Wildman–Crippen MR) is 133 cm³/mol. The molecule has 0 radical (unpaired) electrons. The fourth-order valence-electron chi connectivity index (χ4n) is 4.48. The first-order chi connectivity index (χ1) is 16.7. The van der Waals surface area contributed by atoms with Crippen LogP contribution in [-0.4, -0.2) is 64.1 Å². The van der Waals surface area contributed by atoms with Gasteiger partial charge in [-0.2, -0.15) is 5.26 Å². The maximum atomic E-state index is 9.66. The number of pyridine rings is 2. The highest BCUT2D eigenvalue weighted by Crippen LogP contribution is 2.27. The zero-order valence-electron chi connectivity index (χ0n) is 19.4. The summed E-state index contributed by atoms with van der Waals surface area (Å²) in [5.74, 6) is 2.11. The van der Waals surface area contributed by atoms with E-state index in [4.69, 9.17) is 0 Å². The Morgan fingerprint density at radius 1 is 1.00 bits per heavy atom. The molecule has 0 unspecified atom stereocenters. The summed E-state index contributed by atoms with van der Waals surface area (Å²) in [4.78, 5) is 22.6. The molecule has 0 amide bonds. The van der Waals surface area contributed by atoms with Gasteiger partial charge in [-0.3, -0.25) is 0 Å². The molecule has 2 aliphatic rings. The van der Waals surface area contributed by atoms with Gasteiger partial charge < -0.3 is 20.4 Å². The van der Waals surface area contributed by atoms with Crippen LogP contribution in [0.25, 0.3) is 11.3 Å². The molecule has 9 nitrogen and oxygen atoms in total. The molecule has 2 aliphatic heterocycles. The molecule has 0 atom stereocenters. The molecule has 2 fully saturated rings. The topological polar surface area (TPSA) is 106 Å². The lowest BCUT2D eigenvalue weighted by atomic mass is 10.1. The third-order valence-corrected chi connectivity index (χ3v) is 6.43. The number of hydrogen-bond donors (Lipinski definition) is 2. The molecule has 2 N–H and O–H groups in total. The molecule has 9 heteroatoms. The third kappa shape index (κ3) is 5.07. The maximum absolute atomic E-state index is 9.66. The Hall–Kier alpha value is -3.77. The van der Waals surface area contributed by atoms with Crippen molar-refractivity contribution < 1.29 is 0 Å². The van der Waals surface area contributed by atoms with Gasteiger partial charge in [-0.05, 0) is 70.1 Å². The van der Waals surface area contributed by atoms with Crippen LogP contribution in [0, 0.1) is 11.3 Å². The highest BCUT2D eigenvalue weighted by atomic mass is 15.2. The van der Waals surface area contributed by atoms with E-state index >= 15 is 0 Å². The van der Waals surface area contributed by atoms with Crippen LogP contribution in [0.3, 0.4) is 0 Å². The minimum atomic E-state index is 0.464. The van der Waals surface area contributed by atoms with Crippen molar-refractivity contribution >= 4 is 23.3 Å². The van der Waals surface area contributed by atoms with Crippen molar-refractivity contribution in [2.24, 2.45) is 0 Å². The molecule has 0 spiro atoms. The van der Waals surface area contributed by atoms with E-state index in [1.807, 2.05) is 24.3 Å². The number of hydrogen-bond acceptors (Lipinski definition) is 9. The second-order valence-electron chi connectivity index (χ2n) is 8.95. The lowest BCUT2D eigenvalue weighted by Gasteiger charge is -2.29. The molecular weight excluding hydrogens is 426 g/mol. The molecule has 0 aliphatic carbocycles. The van der Waals surface area contributed by atoms with E-state index in [-0.39, 0.29) is 0 Å². The van der Waals surface area contributed by atoms with E-state index in [1.165, 1.54) is 0 Å². The van der Waals surface area contributed by atoms with E-state index < -0.39 is 0 Å². The fourth-order valence-corrected chi connectivity index (χ4v) is 4.48. The Morgan fingerprint density at radius 2 is 1.82 bits per heavy atom. The summed E-state index contributed by atoms with van der Waals surface area (Å²) in [6.45, 7) is 4.11. The van der Waals surface area contributed by atoms with Crippen molar-refractivity contribution in [3.05, 3.63) is 48.4 Å². The van der Waals surface area contributed by atoms with Crippen LogP contribution >= 0.6 is 0 Å². The van der Waals surface area contributed by atoms with Gasteiger partial charge in [-0.1, -0.05) is 0 Å². The molecular formula is C25H29N9. The van der Waals surface area contributed by atoms with Gasteiger partial charge in [0.25, 0.3) is 0 Å². The molecule has 5 heterocycles. The second-order valence-corrected chi connectivity index (χ2v) is 8.95. The summed E-state index contributed by atoms with van der Waals surface area (Å²) < 4.78 is 0. The van der Waals surface area contributed by atoms with Crippen molar-refractivity contribution in [2.45, 2.75) is 31.7 Å². The van der Waals surface area contributed by atoms with E-state index in [9.17, 15) is 5.26 Å². The Morgan fingerprint density at radius 3 is 2.56 bits per heavy atom. The summed E-state index contributed by atoms with van der Waals surface area (Å²) in [5.41, 5.74) is 2.89. The monoisotopic (exact) mass is 455 g/mol. The second kappa shape index (κ2) is 10.0. The highest BCUT2D eigenvalue weighted by Gasteiger charge is 2.19. The normalized spacial score (nSPS) is 16.9. The molecule has 0 aromatic carbocycles. The molecule has 2 saturated heterocycles.